The number of rotatable bonds is 2. The highest BCUT2D eigenvalue weighted by Crippen LogP contribution is 2.45. The Hall–Kier alpha value is -1.28. The van der Waals surface area contributed by atoms with E-state index in [-0.39, 0.29) is 5.78 Å². The van der Waals surface area contributed by atoms with Gasteiger partial charge in [-0.3, -0.25) is 4.79 Å². The van der Waals surface area contributed by atoms with Gasteiger partial charge in [0.1, 0.15) is 0 Å². The molecule has 2 aromatic rings. The molecule has 0 amide bonds. The van der Waals surface area contributed by atoms with Crippen LogP contribution in [-0.2, 0) is 0 Å². The molecule has 3 rings (SSSR count). The largest absolute Gasteiger partial charge is 0.357 e. The lowest BCUT2D eigenvalue weighted by Crippen LogP contribution is -1.90. The summed E-state index contributed by atoms with van der Waals surface area (Å²) in [6.45, 7) is 1.57. The predicted octanol–water partition coefficient (Wildman–Crippen LogP) is 3.90. The van der Waals surface area contributed by atoms with E-state index in [0.717, 1.165) is 27.2 Å². The minimum Gasteiger partial charge on any atom is -0.357 e. The van der Waals surface area contributed by atoms with Gasteiger partial charge in [-0.15, -0.1) is 0 Å². The number of carbonyl (C=O) groups excluding carboxylic acids is 1. The number of carbonyl (C=O) groups is 1. The fourth-order valence-corrected chi connectivity index (χ4v) is 2.41. The smallest absolute Gasteiger partial charge is 0.159 e. The van der Waals surface area contributed by atoms with Crippen molar-refractivity contribution in [2.45, 2.75) is 25.7 Å². The van der Waals surface area contributed by atoms with Gasteiger partial charge in [-0.1, -0.05) is 11.6 Å². The summed E-state index contributed by atoms with van der Waals surface area (Å²) in [4.78, 5) is 14.6. The van der Waals surface area contributed by atoms with Gasteiger partial charge in [-0.2, -0.15) is 0 Å². The van der Waals surface area contributed by atoms with Crippen LogP contribution in [0.15, 0.2) is 18.2 Å². The topological polar surface area (TPSA) is 32.9 Å². The van der Waals surface area contributed by atoms with Gasteiger partial charge in [-0.25, -0.2) is 0 Å². The van der Waals surface area contributed by atoms with E-state index in [1.54, 1.807) is 6.92 Å². The van der Waals surface area contributed by atoms with E-state index in [4.69, 9.17) is 11.6 Å². The third-order valence-corrected chi connectivity index (χ3v) is 3.56. The first-order valence-corrected chi connectivity index (χ1v) is 5.86. The Morgan fingerprint density at radius 2 is 2.19 bits per heavy atom. The van der Waals surface area contributed by atoms with Gasteiger partial charge < -0.3 is 4.98 Å². The predicted molar refractivity (Wildman–Crippen MR) is 65.3 cm³/mol. The summed E-state index contributed by atoms with van der Waals surface area (Å²) in [6, 6.07) is 5.65. The maximum absolute atomic E-state index is 11.3. The number of ketones is 1. The number of hydrogen-bond acceptors (Lipinski definition) is 1. The molecule has 1 aliphatic carbocycles. The first-order valence-electron chi connectivity index (χ1n) is 5.49. The quantitative estimate of drug-likeness (QED) is 0.784. The fraction of sp³-hybridized carbons (Fsp3) is 0.308. The highest BCUT2D eigenvalue weighted by Gasteiger charge is 2.28. The van der Waals surface area contributed by atoms with Crippen molar-refractivity contribution < 1.29 is 4.79 Å². The van der Waals surface area contributed by atoms with Gasteiger partial charge in [0.25, 0.3) is 0 Å². The van der Waals surface area contributed by atoms with Crippen LogP contribution in [0.2, 0.25) is 5.02 Å². The van der Waals surface area contributed by atoms with Crippen molar-refractivity contribution in [1.29, 1.82) is 0 Å². The molecule has 0 aliphatic heterocycles. The summed E-state index contributed by atoms with van der Waals surface area (Å²) in [5.74, 6) is 0.674. The van der Waals surface area contributed by atoms with Gasteiger partial charge in [-0.05, 0) is 38.0 Å². The second kappa shape index (κ2) is 3.36. The van der Waals surface area contributed by atoms with Crippen LogP contribution in [0.4, 0.5) is 0 Å². The third kappa shape index (κ3) is 1.45. The van der Waals surface area contributed by atoms with Crippen molar-refractivity contribution in [3.8, 4) is 0 Å². The molecular weight excluding hydrogens is 222 g/mol. The van der Waals surface area contributed by atoms with Crippen molar-refractivity contribution in [1.82, 2.24) is 4.98 Å². The first-order chi connectivity index (χ1) is 7.66. The van der Waals surface area contributed by atoms with Crippen molar-refractivity contribution in [2.75, 3.05) is 0 Å². The zero-order valence-corrected chi connectivity index (χ0v) is 9.77. The second-order valence-electron chi connectivity index (χ2n) is 4.44. The van der Waals surface area contributed by atoms with E-state index in [0.29, 0.717) is 5.92 Å². The summed E-state index contributed by atoms with van der Waals surface area (Å²) in [7, 11) is 0. The van der Waals surface area contributed by atoms with Gasteiger partial charge in [0.2, 0.25) is 0 Å². The molecule has 0 spiro atoms. The summed E-state index contributed by atoms with van der Waals surface area (Å²) >= 11 is 6.33. The number of H-pyrrole nitrogens is 1. The molecule has 2 nitrogen and oxygen atoms in total. The van der Waals surface area contributed by atoms with E-state index in [2.05, 4.69) is 4.98 Å². The molecule has 0 unspecified atom stereocenters. The van der Waals surface area contributed by atoms with Gasteiger partial charge in [0, 0.05) is 28.1 Å². The molecule has 0 saturated heterocycles. The fourth-order valence-electron chi connectivity index (χ4n) is 2.05. The van der Waals surface area contributed by atoms with Crippen LogP contribution in [0.1, 0.15) is 41.7 Å². The zero-order valence-electron chi connectivity index (χ0n) is 9.01. The van der Waals surface area contributed by atoms with E-state index in [1.807, 2.05) is 18.2 Å². The number of aromatic nitrogens is 1. The van der Waals surface area contributed by atoms with E-state index in [1.165, 1.54) is 12.8 Å². The number of nitrogens with one attached hydrogen (secondary N) is 1. The molecule has 1 fully saturated rings. The van der Waals surface area contributed by atoms with Gasteiger partial charge >= 0.3 is 0 Å². The van der Waals surface area contributed by atoms with Crippen LogP contribution in [0.5, 0.6) is 0 Å². The highest BCUT2D eigenvalue weighted by molar-refractivity contribution is 6.36. The molecule has 16 heavy (non-hydrogen) atoms. The van der Waals surface area contributed by atoms with E-state index < -0.39 is 0 Å². The van der Waals surface area contributed by atoms with Crippen LogP contribution in [0.3, 0.4) is 0 Å². The van der Waals surface area contributed by atoms with Crippen LogP contribution in [-0.4, -0.2) is 10.8 Å². The third-order valence-electron chi connectivity index (χ3n) is 3.15. The van der Waals surface area contributed by atoms with Gasteiger partial charge in [0.15, 0.2) is 5.78 Å². The molecule has 1 aromatic carbocycles. The lowest BCUT2D eigenvalue weighted by Gasteiger charge is -1.95. The Morgan fingerprint density at radius 1 is 1.44 bits per heavy atom. The average Bonchev–Trinajstić information content (AvgIpc) is 3.04. The Morgan fingerprint density at radius 3 is 2.81 bits per heavy atom. The SMILES string of the molecule is CC(=O)c1ccc2[nH]c(C3CC3)c(Cl)c2c1. The Kier molecular flexibility index (Phi) is 2.08. The minimum absolute atomic E-state index is 0.0761. The number of aromatic amines is 1. The van der Waals surface area contributed by atoms with E-state index in [9.17, 15) is 4.79 Å². The Bertz CT molecular complexity index is 581. The van der Waals surface area contributed by atoms with Gasteiger partial charge in [0.05, 0.1) is 5.02 Å². The molecular formula is C13H12ClNO. The molecule has 82 valence electrons. The van der Waals surface area contributed by atoms with Crippen molar-refractivity contribution >= 4 is 28.3 Å². The summed E-state index contributed by atoms with van der Waals surface area (Å²) in [5, 5.41) is 1.76. The normalized spacial score (nSPS) is 15.6. The number of hydrogen-bond donors (Lipinski definition) is 1. The number of benzene rings is 1. The van der Waals surface area contributed by atoms with Crippen molar-refractivity contribution in [3.05, 3.63) is 34.5 Å². The second-order valence-corrected chi connectivity index (χ2v) is 4.82. The highest BCUT2D eigenvalue weighted by atomic mass is 35.5. The number of Topliss-reactive ketones (excluding diaryl/α,β-unsaturated/α-hetero) is 1. The van der Waals surface area contributed by atoms with Crippen LogP contribution < -0.4 is 0 Å². The lowest BCUT2D eigenvalue weighted by atomic mass is 10.1. The zero-order chi connectivity index (χ0) is 11.3. The summed E-state index contributed by atoms with van der Waals surface area (Å²) in [5.41, 5.74) is 2.88. The van der Waals surface area contributed by atoms with Crippen LogP contribution in [0.25, 0.3) is 10.9 Å². The molecule has 3 heteroatoms. The first kappa shape index (κ1) is 9.91. The molecule has 1 aliphatic rings. The molecule has 1 N–H and O–H groups in total. The average molecular weight is 234 g/mol. The standard InChI is InChI=1S/C13H12ClNO/c1-7(16)9-4-5-11-10(6-9)12(14)13(15-11)8-2-3-8/h4-6,8,15H,2-3H2,1H3. The summed E-state index contributed by atoms with van der Waals surface area (Å²) in [6.07, 6.45) is 2.43. The molecule has 0 bridgehead atoms. The van der Waals surface area contributed by atoms with E-state index >= 15 is 0 Å². The summed E-state index contributed by atoms with van der Waals surface area (Å²) < 4.78 is 0. The molecule has 0 atom stereocenters. The maximum atomic E-state index is 11.3. The number of fused-ring (bicyclic) bond motifs is 1. The Labute approximate surface area is 98.6 Å². The molecule has 1 heterocycles. The maximum Gasteiger partial charge on any atom is 0.159 e. The van der Waals surface area contributed by atoms with Crippen molar-refractivity contribution in [3.63, 3.8) is 0 Å². The van der Waals surface area contributed by atoms with Crippen LogP contribution >= 0.6 is 11.6 Å². The number of halogens is 1. The van der Waals surface area contributed by atoms with Crippen molar-refractivity contribution in [2.24, 2.45) is 0 Å². The minimum atomic E-state index is 0.0761. The molecule has 0 radical (unpaired) electrons. The van der Waals surface area contributed by atoms with Crippen LogP contribution in [0, 0.1) is 0 Å². The lowest BCUT2D eigenvalue weighted by molar-refractivity contribution is 0.101. The monoisotopic (exact) mass is 233 g/mol. The molecule has 1 saturated carbocycles. The molecule has 1 aromatic heterocycles. The Balaban J connectivity index is 2.22.